The Morgan fingerprint density at radius 2 is 2.25 bits per heavy atom. The molecular formula is C5H11N3O3S. The zero-order valence-electron chi connectivity index (χ0n) is 6.65. The fourth-order valence-corrected chi connectivity index (χ4v) is 2.22. The van der Waals surface area contributed by atoms with Gasteiger partial charge in [0.05, 0.1) is 0 Å². The highest BCUT2D eigenvalue weighted by molar-refractivity contribution is 7.87. The van der Waals surface area contributed by atoms with E-state index in [-0.39, 0.29) is 6.54 Å². The smallest absolute Gasteiger partial charge is 0.279 e. The first kappa shape index (κ1) is 9.43. The van der Waals surface area contributed by atoms with Gasteiger partial charge in [-0.2, -0.15) is 12.7 Å². The van der Waals surface area contributed by atoms with Gasteiger partial charge in [-0.1, -0.05) is 0 Å². The van der Waals surface area contributed by atoms with Gasteiger partial charge in [-0.15, -0.1) is 0 Å². The first-order chi connectivity index (χ1) is 5.45. The van der Waals surface area contributed by atoms with Crippen molar-refractivity contribution in [2.24, 2.45) is 5.73 Å². The SMILES string of the molecule is CN1C(C(N)=O)CCNS1(=O)=O. The number of hydrogen-bond acceptors (Lipinski definition) is 3. The maximum atomic E-state index is 11.1. The molecule has 1 atom stereocenters. The van der Waals surface area contributed by atoms with E-state index in [9.17, 15) is 13.2 Å². The van der Waals surface area contributed by atoms with E-state index >= 15 is 0 Å². The quantitative estimate of drug-likeness (QED) is 0.505. The summed E-state index contributed by atoms with van der Waals surface area (Å²) in [6.45, 7) is 0.264. The summed E-state index contributed by atoms with van der Waals surface area (Å²) in [4.78, 5) is 10.7. The van der Waals surface area contributed by atoms with Gasteiger partial charge in [0.25, 0.3) is 10.2 Å². The summed E-state index contributed by atoms with van der Waals surface area (Å²) in [5.41, 5.74) is 5.01. The number of nitrogens with zero attached hydrogens (tertiary/aromatic N) is 1. The van der Waals surface area contributed by atoms with Crippen molar-refractivity contribution >= 4 is 16.1 Å². The van der Waals surface area contributed by atoms with E-state index in [1.807, 2.05) is 0 Å². The Hall–Kier alpha value is -0.660. The third-order valence-corrected chi connectivity index (χ3v) is 3.43. The molecule has 1 aliphatic heterocycles. The Balaban J connectivity index is 2.88. The minimum atomic E-state index is -3.47. The lowest BCUT2D eigenvalue weighted by atomic mass is 10.2. The predicted molar refractivity (Wildman–Crippen MR) is 42.3 cm³/mol. The van der Waals surface area contributed by atoms with Gasteiger partial charge in [0, 0.05) is 13.6 Å². The highest BCUT2D eigenvalue weighted by Gasteiger charge is 2.33. The van der Waals surface area contributed by atoms with Crippen LogP contribution in [0.3, 0.4) is 0 Å². The van der Waals surface area contributed by atoms with Crippen LogP contribution in [0.2, 0.25) is 0 Å². The van der Waals surface area contributed by atoms with Crippen LogP contribution in [0.5, 0.6) is 0 Å². The van der Waals surface area contributed by atoms with Crippen LogP contribution >= 0.6 is 0 Å². The number of nitrogens with two attached hydrogens (primary N) is 1. The number of rotatable bonds is 1. The van der Waals surface area contributed by atoms with Crippen molar-refractivity contribution in [3.05, 3.63) is 0 Å². The summed E-state index contributed by atoms with van der Waals surface area (Å²) >= 11 is 0. The normalized spacial score (nSPS) is 29.9. The number of carbonyl (C=O) groups is 1. The molecule has 0 radical (unpaired) electrons. The zero-order chi connectivity index (χ0) is 9.35. The van der Waals surface area contributed by atoms with Gasteiger partial charge in [0.15, 0.2) is 0 Å². The number of carbonyl (C=O) groups excluding carboxylic acids is 1. The van der Waals surface area contributed by atoms with Crippen molar-refractivity contribution in [1.29, 1.82) is 0 Å². The van der Waals surface area contributed by atoms with Crippen LogP contribution in [0.15, 0.2) is 0 Å². The zero-order valence-corrected chi connectivity index (χ0v) is 7.47. The molecular weight excluding hydrogens is 182 g/mol. The van der Waals surface area contributed by atoms with Crippen LogP contribution in [-0.2, 0) is 15.0 Å². The molecule has 70 valence electrons. The Kier molecular flexibility index (Phi) is 2.36. The van der Waals surface area contributed by atoms with Gasteiger partial charge in [0.1, 0.15) is 6.04 Å². The predicted octanol–water partition coefficient (Wildman–Crippen LogP) is -1.99. The van der Waals surface area contributed by atoms with Crippen molar-refractivity contribution in [2.75, 3.05) is 13.6 Å². The average molecular weight is 193 g/mol. The van der Waals surface area contributed by atoms with E-state index in [0.717, 1.165) is 4.31 Å². The summed E-state index contributed by atoms with van der Waals surface area (Å²) in [7, 11) is -2.14. The standard InChI is InChI=1S/C5H11N3O3S/c1-8-4(5(6)9)2-3-7-12(8,10)11/h4,7H,2-3H2,1H3,(H2,6,9). The monoisotopic (exact) mass is 193 g/mol. The summed E-state index contributed by atoms with van der Waals surface area (Å²) < 4.78 is 25.4. The lowest BCUT2D eigenvalue weighted by Gasteiger charge is -2.29. The molecule has 0 aromatic carbocycles. The molecule has 1 amide bonds. The number of amides is 1. The highest BCUT2D eigenvalue weighted by atomic mass is 32.2. The fourth-order valence-electron chi connectivity index (χ4n) is 1.10. The molecule has 1 saturated heterocycles. The maximum absolute atomic E-state index is 11.1. The summed E-state index contributed by atoms with van der Waals surface area (Å²) in [6.07, 6.45) is 0.422. The largest absolute Gasteiger partial charge is 0.368 e. The molecule has 1 rings (SSSR count). The van der Waals surface area contributed by atoms with Gasteiger partial charge in [-0.05, 0) is 6.42 Å². The van der Waals surface area contributed by atoms with Crippen molar-refractivity contribution in [3.63, 3.8) is 0 Å². The Morgan fingerprint density at radius 3 is 2.67 bits per heavy atom. The van der Waals surface area contributed by atoms with Crippen LogP contribution in [0.25, 0.3) is 0 Å². The molecule has 12 heavy (non-hydrogen) atoms. The van der Waals surface area contributed by atoms with E-state index in [1.165, 1.54) is 7.05 Å². The minimum Gasteiger partial charge on any atom is -0.368 e. The van der Waals surface area contributed by atoms with Crippen molar-refractivity contribution in [2.45, 2.75) is 12.5 Å². The summed E-state index contributed by atoms with van der Waals surface area (Å²) in [6, 6.07) is -0.712. The molecule has 1 heterocycles. The van der Waals surface area contributed by atoms with Crippen LogP contribution in [0.1, 0.15) is 6.42 Å². The Labute approximate surface area is 70.9 Å². The molecule has 1 unspecified atom stereocenters. The van der Waals surface area contributed by atoms with Crippen LogP contribution in [0.4, 0.5) is 0 Å². The highest BCUT2D eigenvalue weighted by Crippen LogP contribution is 2.10. The van der Waals surface area contributed by atoms with Crippen LogP contribution in [-0.4, -0.2) is 38.3 Å². The van der Waals surface area contributed by atoms with Gasteiger partial charge < -0.3 is 5.73 Å². The molecule has 6 nitrogen and oxygen atoms in total. The van der Waals surface area contributed by atoms with Gasteiger partial charge in [0.2, 0.25) is 5.91 Å². The Bertz CT molecular complexity index is 286. The average Bonchev–Trinajstić information content (AvgIpc) is 1.94. The van der Waals surface area contributed by atoms with Crippen molar-refractivity contribution in [3.8, 4) is 0 Å². The number of nitrogens with one attached hydrogen (secondary N) is 1. The topological polar surface area (TPSA) is 92.5 Å². The molecule has 1 fully saturated rings. The second-order valence-electron chi connectivity index (χ2n) is 2.62. The summed E-state index contributed by atoms with van der Waals surface area (Å²) in [5.74, 6) is -0.609. The molecule has 1 aliphatic rings. The van der Waals surface area contributed by atoms with Crippen LogP contribution in [0, 0.1) is 0 Å². The molecule has 0 aromatic heterocycles. The number of likely N-dealkylation sites (N-methyl/N-ethyl adjacent to an activating group) is 1. The molecule has 0 aromatic rings. The number of hydrogen-bond donors (Lipinski definition) is 2. The minimum absolute atomic E-state index is 0.264. The van der Waals surface area contributed by atoms with Gasteiger partial charge in [-0.25, -0.2) is 4.72 Å². The van der Waals surface area contributed by atoms with Crippen LogP contribution < -0.4 is 10.5 Å². The molecule has 0 bridgehead atoms. The first-order valence-corrected chi connectivity index (χ1v) is 4.91. The lowest BCUT2D eigenvalue weighted by Crippen LogP contribution is -2.55. The van der Waals surface area contributed by atoms with Crippen molar-refractivity contribution < 1.29 is 13.2 Å². The number of primary amides is 1. The maximum Gasteiger partial charge on any atom is 0.279 e. The van der Waals surface area contributed by atoms with E-state index in [2.05, 4.69) is 4.72 Å². The summed E-state index contributed by atoms with van der Waals surface area (Å²) in [5, 5.41) is 0. The third kappa shape index (κ3) is 1.57. The first-order valence-electron chi connectivity index (χ1n) is 3.47. The lowest BCUT2D eigenvalue weighted by molar-refractivity contribution is -0.121. The fraction of sp³-hybridized carbons (Fsp3) is 0.800. The van der Waals surface area contributed by atoms with E-state index in [0.29, 0.717) is 6.42 Å². The molecule has 0 spiro atoms. The van der Waals surface area contributed by atoms with E-state index in [4.69, 9.17) is 5.73 Å². The van der Waals surface area contributed by atoms with Crippen molar-refractivity contribution in [1.82, 2.24) is 9.03 Å². The van der Waals surface area contributed by atoms with E-state index in [1.54, 1.807) is 0 Å². The molecule has 3 N–H and O–H groups in total. The second-order valence-corrected chi connectivity index (χ2v) is 4.44. The molecule has 0 saturated carbocycles. The molecule has 0 aliphatic carbocycles. The van der Waals surface area contributed by atoms with Gasteiger partial charge in [-0.3, -0.25) is 4.79 Å². The third-order valence-electron chi connectivity index (χ3n) is 1.85. The van der Waals surface area contributed by atoms with Gasteiger partial charge >= 0.3 is 0 Å². The molecule has 7 heteroatoms. The second kappa shape index (κ2) is 3.00. The van der Waals surface area contributed by atoms with E-state index < -0.39 is 22.2 Å². The Morgan fingerprint density at radius 1 is 1.67 bits per heavy atom.